The molecule has 2 heterocycles. The number of hydrogen-bond donors (Lipinski definition) is 2. The van der Waals surface area contributed by atoms with Gasteiger partial charge in [0.15, 0.2) is 0 Å². The number of aliphatic hydroxyl groups is 1. The fourth-order valence-electron chi connectivity index (χ4n) is 5.45. The number of pyridine rings is 1. The van der Waals surface area contributed by atoms with E-state index in [1.54, 1.807) is 13.2 Å². The lowest BCUT2D eigenvalue weighted by molar-refractivity contribution is -0.0197. The first-order chi connectivity index (χ1) is 17.3. The lowest BCUT2D eigenvalue weighted by Crippen LogP contribution is -2.48. The van der Waals surface area contributed by atoms with Crippen molar-refractivity contribution in [2.75, 3.05) is 13.7 Å². The van der Waals surface area contributed by atoms with Crippen LogP contribution in [0.3, 0.4) is 0 Å². The van der Waals surface area contributed by atoms with Crippen LogP contribution >= 0.6 is 27.5 Å². The minimum absolute atomic E-state index is 0.132. The van der Waals surface area contributed by atoms with E-state index in [0.29, 0.717) is 30.3 Å². The molecule has 1 aliphatic rings. The number of aromatic nitrogens is 1. The van der Waals surface area contributed by atoms with E-state index >= 15 is 0 Å². The molecule has 1 aliphatic heterocycles. The normalized spacial score (nSPS) is 20.9. The first-order valence-corrected chi connectivity index (χ1v) is 13.1. The van der Waals surface area contributed by atoms with Gasteiger partial charge in [-0.1, -0.05) is 45.7 Å². The number of ether oxygens (including phenoxy) is 1. The SMILES string of the molecule is COc1nc2ccc(Br)cc2cc1C(c1ccc(Cl)cc1)C1(O)CCNC(c2ccc(F)cc2C)C1. The van der Waals surface area contributed by atoms with Gasteiger partial charge in [-0.3, -0.25) is 0 Å². The summed E-state index contributed by atoms with van der Waals surface area (Å²) in [4.78, 5) is 4.79. The third-order valence-corrected chi connectivity index (χ3v) is 7.87. The Bertz CT molecular complexity index is 1410. The maximum absolute atomic E-state index is 13.8. The number of benzene rings is 3. The number of rotatable bonds is 5. The van der Waals surface area contributed by atoms with Crippen LogP contribution < -0.4 is 10.1 Å². The first kappa shape index (κ1) is 25.2. The molecular weight excluding hydrogens is 543 g/mol. The highest BCUT2D eigenvalue weighted by molar-refractivity contribution is 9.10. The molecular formula is C29H27BrClFN2O2. The molecule has 0 amide bonds. The number of methoxy groups -OCH3 is 1. The van der Waals surface area contributed by atoms with Gasteiger partial charge in [-0.25, -0.2) is 9.37 Å². The largest absolute Gasteiger partial charge is 0.481 e. The summed E-state index contributed by atoms with van der Waals surface area (Å²) in [5, 5.41) is 17.5. The Morgan fingerprint density at radius 2 is 1.92 bits per heavy atom. The fraction of sp³-hybridized carbons (Fsp3) is 0.276. The average molecular weight is 570 g/mol. The molecule has 0 aliphatic carbocycles. The Hall–Kier alpha value is -2.51. The molecule has 5 rings (SSSR count). The second kappa shape index (κ2) is 10.1. The molecule has 186 valence electrons. The minimum Gasteiger partial charge on any atom is -0.481 e. The highest BCUT2D eigenvalue weighted by Crippen LogP contribution is 2.47. The quantitative estimate of drug-likeness (QED) is 0.269. The molecule has 0 bridgehead atoms. The smallest absolute Gasteiger partial charge is 0.217 e. The molecule has 0 spiro atoms. The van der Waals surface area contributed by atoms with Gasteiger partial charge in [-0.15, -0.1) is 0 Å². The van der Waals surface area contributed by atoms with Crippen molar-refractivity contribution in [3.05, 3.63) is 104 Å². The number of aryl methyl sites for hydroxylation is 1. The van der Waals surface area contributed by atoms with Crippen molar-refractivity contribution >= 4 is 38.4 Å². The number of fused-ring (bicyclic) bond motifs is 1. The zero-order valence-corrected chi connectivity index (χ0v) is 22.4. The summed E-state index contributed by atoms with van der Waals surface area (Å²) < 4.78 is 20.5. The van der Waals surface area contributed by atoms with Crippen LogP contribution in [0.2, 0.25) is 5.02 Å². The van der Waals surface area contributed by atoms with E-state index in [4.69, 9.17) is 21.3 Å². The predicted molar refractivity (Wildman–Crippen MR) is 145 cm³/mol. The molecule has 2 N–H and O–H groups in total. The lowest BCUT2D eigenvalue weighted by atomic mass is 9.70. The molecule has 0 radical (unpaired) electrons. The third kappa shape index (κ3) is 4.88. The van der Waals surface area contributed by atoms with Gasteiger partial charge in [-0.05, 0) is 91.5 Å². The van der Waals surface area contributed by atoms with E-state index in [1.165, 1.54) is 12.1 Å². The van der Waals surface area contributed by atoms with Gasteiger partial charge >= 0.3 is 0 Å². The molecule has 4 nitrogen and oxygen atoms in total. The summed E-state index contributed by atoms with van der Waals surface area (Å²) in [5.41, 5.74) is 3.26. The second-order valence-corrected chi connectivity index (χ2v) is 10.8. The standard InChI is InChI=1S/C29H27BrClFN2O2/c1-17-13-22(32)8-9-23(17)26-16-29(35,11-12-33-26)27(18-3-6-21(31)7-4-18)24-15-19-14-20(30)5-10-25(19)34-28(24)36-2/h3-10,13-15,26-27,33,35H,11-12,16H2,1-2H3. The van der Waals surface area contributed by atoms with E-state index in [1.807, 2.05) is 49.4 Å². The Morgan fingerprint density at radius 1 is 1.14 bits per heavy atom. The van der Waals surface area contributed by atoms with Crippen molar-refractivity contribution in [1.29, 1.82) is 0 Å². The molecule has 36 heavy (non-hydrogen) atoms. The summed E-state index contributed by atoms with van der Waals surface area (Å²) >= 11 is 9.78. The molecule has 3 aromatic carbocycles. The summed E-state index contributed by atoms with van der Waals surface area (Å²) in [5.74, 6) is -0.211. The lowest BCUT2D eigenvalue weighted by Gasteiger charge is -2.44. The van der Waals surface area contributed by atoms with Crippen molar-refractivity contribution in [3.63, 3.8) is 0 Å². The van der Waals surface area contributed by atoms with Gasteiger partial charge in [0.05, 0.1) is 18.2 Å². The van der Waals surface area contributed by atoms with Crippen LogP contribution in [-0.2, 0) is 0 Å². The van der Waals surface area contributed by atoms with E-state index in [0.717, 1.165) is 37.6 Å². The summed E-state index contributed by atoms with van der Waals surface area (Å²) in [6.07, 6.45) is 0.961. The number of nitrogens with zero attached hydrogens (tertiary/aromatic N) is 1. The van der Waals surface area contributed by atoms with Gasteiger partial charge in [-0.2, -0.15) is 0 Å². The Labute approximate surface area is 223 Å². The van der Waals surface area contributed by atoms with Crippen molar-refractivity contribution < 1.29 is 14.2 Å². The van der Waals surface area contributed by atoms with Crippen LogP contribution in [-0.4, -0.2) is 29.3 Å². The van der Waals surface area contributed by atoms with Gasteiger partial charge in [0.25, 0.3) is 0 Å². The molecule has 3 unspecified atom stereocenters. The number of nitrogens with one attached hydrogen (secondary N) is 1. The highest BCUT2D eigenvalue weighted by atomic mass is 79.9. The van der Waals surface area contributed by atoms with Crippen LogP contribution in [0, 0.1) is 12.7 Å². The van der Waals surface area contributed by atoms with E-state index in [2.05, 4.69) is 27.3 Å². The number of halogens is 3. The average Bonchev–Trinajstić information content (AvgIpc) is 2.85. The van der Waals surface area contributed by atoms with Crippen molar-refractivity contribution in [2.45, 2.75) is 37.3 Å². The minimum atomic E-state index is -1.13. The molecule has 1 saturated heterocycles. The third-order valence-electron chi connectivity index (χ3n) is 7.13. The molecule has 4 aromatic rings. The molecule has 3 atom stereocenters. The fourth-order valence-corrected chi connectivity index (χ4v) is 5.96. The van der Waals surface area contributed by atoms with E-state index < -0.39 is 11.5 Å². The molecule has 0 saturated carbocycles. The molecule has 1 aromatic heterocycles. The highest BCUT2D eigenvalue weighted by Gasteiger charge is 2.44. The molecule has 7 heteroatoms. The topological polar surface area (TPSA) is 54.4 Å². The van der Waals surface area contributed by atoms with Crippen molar-refractivity contribution in [3.8, 4) is 5.88 Å². The maximum Gasteiger partial charge on any atom is 0.217 e. The van der Waals surface area contributed by atoms with Gasteiger partial charge < -0.3 is 15.2 Å². The van der Waals surface area contributed by atoms with Crippen LogP contribution in [0.15, 0.2) is 71.2 Å². The monoisotopic (exact) mass is 568 g/mol. The van der Waals surface area contributed by atoms with Crippen molar-refractivity contribution in [1.82, 2.24) is 10.3 Å². The van der Waals surface area contributed by atoms with Gasteiger partial charge in [0.2, 0.25) is 5.88 Å². The summed E-state index contributed by atoms with van der Waals surface area (Å²) in [7, 11) is 1.60. The van der Waals surface area contributed by atoms with Crippen LogP contribution in [0.4, 0.5) is 4.39 Å². The first-order valence-electron chi connectivity index (χ1n) is 11.9. The number of piperidine rings is 1. The summed E-state index contributed by atoms with van der Waals surface area (Å²) in [6, 6.07) is 20.2. The van der Waals surface area contributed by atoms with Crippen LogP contribution in [0.5, 0.6) is 5.88 Å². The Kier molecular flexibility index (Phi) is 7.05. The Morgan fingerprint density at radius 3 is 2.64 bits per heavy atom. The van der Waals surface area contributed by atoms with E-state index in [-0.39, 0.29) is 11.9 Å². The zero-order valence-electron chi connectivity index (χ0n) is 20.1. The molecule has 1 fully saturated rings. The number of hydrogen-bond acceptors (Lipinski definition) is 4. The second-order valence-electron chi connectivity index (χ2n) is 9.47. The predicted octanol–water partition coefficient (Wildman–Crippen LogP) is 7.09. The summed E-state index contributed by atoms with van der Waals surface area (Å²) in [6.45, 7) is 2.51. The van der Waals surface area contributed by atoms with E-state index in [9.17, 15) is 9.50 Å². The van der Waals surface area contributed by atoms with Crippen LogP contribution in [0.25, 0.3) is 10.9 Å². The maximum atomic E-state index is 13.8. The zero-order chi connectivity index (χ0) is 25.4. The Balaban J connectivity index is 1.66. The van der Waals surface area contributed by atoms with Crippen molar-refractivity contribution in [2.24, 2.45) is 0 Å². The van der Waals surface area contributed by atoms with Gasteiger partial charge in [0, 0.05) is 32.4 Å². The van der Waals surface area contributed by atoms with Gasteiger partial charge in [0.1, 0.15) is 5.82 Å². The van der Waals surface area contributed by atoms with Crippen LogP contribution in [0.1, 0.15) is 47.1 Å².